The quantitative estimate of drug-likeness (QED) is 0.327. The summed E-state index contributed by atoms with van der Waals surface area (Å²) in [7, 11) is 0. The summed E-state index contributed by atoms with van der Waals surface area (Å²) in [5.74, 6) is -2.00. The maximum atomic E-state index is 11.3. The number of halogens is 2. The molecule has 0 saturated carbocycles. The van der Waals surface area contributed by atoms with E-state index in [9.17, 15) is 25.2 Å². The zero-order valence-corrected chi connectivity index (χ0v) is 15.5. The summed E-state index contributed by atoms with van der Waals surface area (Å²) in [6, 6.07) is 4.70. The fraction of sp³-hybridized carbons (Fsp3) is 0.333. The van der Waals surface area contributed by atoms with E-state index < -0.39 is 36.6 Å². The number of nitrogens with zero attached hydrogens (tertiary/aromatic N) is 3. The Morgan fingerprint density at radius 1 is 1.14 bits per heavy atom. The van der Waals surface area contributed by atoms with Gasteiger partial charge in [0.05, 0.1) is 10.0 Å². The van der Waals surface area contributed by atoms with Gasteiger partial charge >= 0.3 is 11.9 Å². The van der Waals surface area contributed by atoms with E-state index in [0.717, 1.165) is 4.68 Å². The molecule has 5 atom stereocenters. The lowest BCUT2D eigenvalue weighted by Crippen LogP contribution is -2.65. The molecule has 1 aromatic heterocycles. The van der Waals surface area contributed by atoms with Gasteiger partial charge in [-0.2, -0.15) is 0 Å². The molecule has 2 heterocycles. The number of aliphatic carboxylic acids is 1. The highest BCUT2D eigenvalue weighted by Gasteiger charge is 2.50. The third-order valence-corrected chi connectivity index (χ3v) is 5.02. The van der Waals surface area contributed by atoms with Crippen molar-refractivity contribution in [3.63, 3.8) is 0 Å². The maximum Gasteiger partial charge on any atom is 0.413 e. The maximum absolute atomic E-state index is 11.3. The zero-order chi connectivity index (χ0) is 20.7. The van der Waals surface area contributed by atoms with Gasteiger partial charge in [-0.05, 0) is 11.1 Å². The summed E-state index contributed by atoms with van der Waals surface area (Å²) >= 11 is 12.2. The van der Waals surface area contributed by atoms with Crippen molar-refractivity contribution in [1.29, 1.82) is 0 Å². The van der Waals surface area contributed by atoms with E-state index in [1.54, 1.807) is 18.2 Å². The molecule has 11 nitrogen and oxygen atoms in total. The van der Waals surface area contributed by atoms with E-state index in [-0.39, 0.29) is 27.5 Å². The molecule has 1 fully saturated rings. The van der Waals surface area contributed by atoms with E-state index in [1.807, 2.05) is 0 Å². The fourth-order valence-electron chi connectivity index (χ4n) is 2.77. The summed E-state index contributed by atoms with van der Waals surface area (Å²) in [5, 5.41) is 43.8. The molecule has 0 radical (unpaired) electrons. The molecule has 1 saturated heterocycles. The highest BCUT2D eigenvalue weighted by Crippen LogP contribution is 2.34. The van der Waals surface area contributed by atoms with Crippen LogP contribution in [0.1, 0.15) is 6.23 Å². The predicted octanol–water partition coefficient (Wildman–Crippen LogP) is -1.03. The van der Waals surface area contributed by atoms with Crippen LogP contribution in [0.15, 0.2) is 18.2 Å². The van der Waals surface area contributed by atoms with E-state index in [4.69, 9.17) is 39.4 Å². The average molecular weight is 433 g/mol. The lowest BCUT2D eigenvalue weighted by atomic mass is 9.98. The molecule has 28 heavy (non-hydrogen) atoms. The number of aromatic nitrogens is 3. The summed E-state index contributed by atoms with van der Waals surface area (Å²) in [6.07, 6.45) is -8.89. The van der Waals surface area contributed by atoms with E-state index in [2.05, 4.69) is 10.1 Å². The average Bonchev–Trinajstić information content (AvgIpc) is 2.63. The molecule has 0 bridgehead atoms. The van der Waals surface area contributed by atoms with Crippen molar-refractivity contribution in [2.45, 2.75) is 30.6 Å². The summed E-state index contributed by atoms with van der Waals surface area (Å²) in [6.45, 7) is 0. The number of aliphatic hydroxyl groups is 3. The molecule has 150 valence electrons. The van der Waals surface area contributed by atoms with Crippen LogP contribution in [0.25, 0.3) is 11.3 Å². The standard InChI is InChI=1S/C15H15Cl2N5O6/c16-5-3-1-2-4(6(5)17)7-12(18)20-15(19)22(21-7)13-10(25)8(23)9(24)11(28-13)14(26)27/h1-3,8-11,13,23-25H,(H4,18,19,20,26,27)/p+1/t8?,9?,10?,11-,13+/m0/s1. The van der Waals surface area contributed by atoms with Crippen LogP contribution in [0.4, 0.5) is 11.8 Å². The van der Waals surface area contributed by atoms with Crippen LogP contribution >= 0.6 is 23.2 Å². The number of nitrogens with two attached hydrogens (primary N) is 2. The number of benzene rings is 1. The molecule has 0 spiro atoms. The predicted molar refractivity (Wildman–Crippen MR) is 96.1 cm³/mol. The molecule has 13 heteroatoms. The topological polar surface area (TPSA) is 189 Å². The van der Waals surface area contributed by atoms with Gasteiger partial charge in [-0.3, -0.25) is 5.73 Å². The molecule has 0 amide bonds. The monoisotopic (exact) mass is 432 g/mol. The lowest BCUT2D eigenvalue weighted by Gasteiger charge is -2.37. The summed E-state index contributed by atoms with van der Waals surface area (Å²) < 4.78 is 6.06. The minimum Gasteiger partial charge on any atom is -0.479 e. The Kier molecular flexibility index (Phi) is 5.57. The van der Waals surface area contributed by atoms with Crippen molar-refractivity contribution in [2.75, 3.05) is 11.5 Å². The second-order valence-electron chi connectivity index (χ2n) is 6.01. The number of anilines is 2. The fourth-order valence-corrected chi connectivity index (χ4v) is 3.16. The number of aliphatic hydroxyl groups excluding tert-OH is 3. The zero-order valence-electron chi connectivity index (χ0n) is 14.0. The van der Waals surface area contributed by atoms with Crippen LogP contribution in [0, 0.1) is 0 Å². The van der Waals surface area contributed by atoms with Gasteiger partial charge in [0.15, 0.2) is 11.8 Å². The Labute approximate surface area is 167 Å². The van der Waals surface area contributed by atoms with Gasteiger partial charge in [0.25, 0.3) is 0 Å². The van der Waals surface area contributed by atoms with Crippen molar-refractivity contribution < 1.29 is 34.6 Å². The lowest BCUT2D eigenvalue weighted by molar-refractivity contribution is -0.813. The second-order valence-corrected chi connectivity index (χ2v) is 6.79. The van der Waals surface area contributed by atoms with Crippen molar-refractivity contribution in [3.05, 3.63) is 28.2 Å². The Morgan fingerprint density at radius 3 is 2.46 bits per heavy atom. The van der Waals surface area contributed by atoms with E-state index in [1.165, 1.54) is 0 Å². The van der Waals surface area contributed by atoms with Gasteiger partial charge in [0, 0.05) is 5.56 Å². The number of carbonyl (C=O) groups is 1. The first-order valence-electron chi connectivity index (χ1n) is 7.85. The van der Waals surface area contributed by atoms with E-state index >= 15 is 0 Å². The number of rotatable bonds is 3. The summed E-state index contributed by atoms with van der Waals surface area (Å²) in [5.41, 5.74) is 12.0. The third kappa shape index (κ3) is 3.43. The van der Waals surface area contributed by atoms with Crippen LogP contribution < -0.4 is 16.1 Å². The molecule has 1 aromatic carbocycles. The van der Waals surface area contributed by atoms with Crippen LogP contribution in [-0.4, -0.2) is 60.9 Å². The van der Waals surface area contributed by atoms with Gasteiger partial charge in [0.2, 0.25) is 12.0 Å². The Morgan fingerprint density at radius 2 is 1.82 bits per heavy atom. The molecule has 3 unspecified atom stereocenters. The van der Waals surface area contributed by atoms with E-state index in [0.29, 0.717) is 5.56 Å². The van der Waals surface area contributed by atoms with Gasteiger partial charge in [-0.15, -0.1) is 9.78 Å². The van der Waals surface area contributed by atoms with Crippen LogP contribution in [0.5, 0.6) is 0 Å². The molecular formula is C15H16Cl2N5O6+. The van der Waals surface area contributed by atoms with Crippen molar-refractivity contribution in [1.82, 2.24) is 10.1 Å². The number of carboxylic acid groups (broad SMARTS) is 1. The van der Waals surface area contributed by atoms with Crippen LogP contribution in [0.2, 0.25) is 10.0 Å². The van der Waals surface area contributed by atoms with Gasteiger partial charge in [-0.25, -0.2) is 4.79 Å². The molecule has 2 aromatic rings. The number of hydrogen-bond acceptors (Lipinski definition) is 9. The largest absolute Gasteiger partial charge is 0.479 e. The Balaban J connectivity index is 2.12. The second kappa shape index (κ2) is 7.62. The van der Waals surface area contributed by atoms with Gasteiger partial charge in [0.1, 0.15) is 18.3 Å². The van der Waals surface area contributed by atoms with Crippen molar-refractivity contribution in [2.24, 2.45) is 0 Å². The first-order chi connectivity index (χ1) is 13.1. The normalized spacial score (nSPS) is 27.5. The smallest absolute Gasteiger partial charge is 0.413 e. The molecule has 1 aliphatic heterocycles. The van der Waals surface area contributed by atoms with Crippen molar-refractivity contribution >= 4 is 40.9 Å². The molecule has 1 aliphatic rings. The van der Waals surface area contributed by atoms with Gasteiger partial charge in [-0.1, -0.05) is 35.3 Å². The molecule has 8 N–H and O–H groups in total. The number of nitrogen functional groups attached to an aromatic ring is 2. The number of carboxylic acids is 1. The minimum atomic E-state index is -1.87. The third-order valence-electron chi connectivity index (χ3n) is 4.20. The highest BCUT2D eigenvalue weighted by molar-refractivity contribution is 6.43. The Bertz CT molecular complexity index is 932. The number of hydrogen-bond donors (Lipinski definition) is 6. The van der Waals surface area contributed by atoms with Gasteiger partial charge < -0.3 is 30.9 Å². The first kappa shape index (κ1) is 20.5. The molecule has 0 aliphatic carbocycles. The summed E-state index contributed by atoms with van der Waals surface area (Å²) in [4.78, 5) is 15.2. The molecular weight excluding hydrogens is 417 g/mol. The van der Waals surface area contributed by atoms with Crippen LogP contribution in [0.3, 0.4) is 0 Å². The SMILES string of the molecule is Nc1nc(N)[n+]([C@@H]2O[C@H](C(=O)O)C(O)C(O)C2O)nc1-c1cccc(Cl)c1Cl. The highest BCUT2D eigenvalue weighted by atomic mass is 35.5. The first-order valence-corrected chi connectivity index (χ1v) is 8.60. The Hall–Kier alpha value is -2.28. The minimum absolute atomic E-state index is 0.0324. The van der Waals surface area contributed by atoms with Crippen molar-refractivity contribution in [3.8, 4) is 11.3 Å². The van der Waals surface area contributed by atoms with Crippen LogP contribution in [-0.2, 0) is 9.53 Å². The molecule has 3 rings (SSSR count). The number of ether oxygens (including phenoxy) is 1.